The Hall–Kier alpha value is -0.120. The van der Waals surface area contributed by atoms with Gasteiger partial charge in [-0.2, -0.15) is 0 Å². The van der Waals surface area contributed by atoms with Gasteiger partial charge in [0.1, 0.15) is 0 Å². The summed E-state index contributed by atoms with van der Waals surface area (Å²) in [5.41, 5.74) is 0. The van der Waals surface area contributed by atoms with E-state index >= 15 is 0 Å². The fourth-order valence-corrected chi connectivity index (χ4v) is 1.70. The van der Waals surface area contributed by atoms with E-state index in [-0.39, 0.29) is 0 Å². The standard InChI is InChI=1S/C7H11ClN2S/c1-2-3-9-4-6-5-10-7(8)11-6/h5,9H,2-4H2,1H3. The van der Waals surface area contributed by atoms with Crippen LogP contribution < -0.4 is 5.32 Å². The van der Waals surface area contributed by atoms with Gasteiger partial charge in [0, 0.05) is 17.6 Å². The minimum Gasteiger partial charge on any atom is -0.312 e. The molecule has 11 heavy (non-hydrogen) atoms. The van der Waals surface area contributed by atoms with Gasteiger partial charge in [0.2, 0.25) is 0 Å². The van der Waals surface area contributed by atoms with Crippen LogP contribution >= 0.6 is 22.9 Å². The second-order valence-corrected chi connectivity index (χ2v) is 3.95. The SMILES string of the molecule is CCCNCc1cnc(Cl)s1. The van der Waals surface area contributed by atoms with E-state index in [0.717, 1.165) is 19.5 Å². The van der Waals surface area contributed by atoms with E-state index in [2.05, 4.69) is 17.2 Å². The lowest BCUT2D eigenvalue weighted by Gasteiger charge is -1.97. The predicted octanol–water partition coefficient (Wildman–Crippen LogP) is 2.30. The van der Waals surface area contributed by atoms with E-state index in [1.807, 2.05) is 6.20 Å². The summed E-state index contributed by atoms with van der Waals surface area (Å²) in [5.74, 6) is 0. The summed E-state index contributed by atoms with van der Waals surface area (Å²) in [6.07, 6.45) is 2.97. The van der Waals surface area contributed by atoms with E-state index in [0.29, 0.717) is 4.47 Å². The van der Waals surface area contributed by atoms with Crippen LogP contribution in [0.1, 0.15) is 18.2 Å². The molecule has 0 atom stereocenters. The highest BCUT2D eigenvalue weighted by Crippen LogP contribution is 2.16. The number of aromatic nitrogens is 1. The molecule has 0 saturated carbocycles. The van der Waals surface area contributed by atoms with Crippen LogP contribution in [-0.2, 0) is 6.54 Å². The number of hydrogen-bond donors (Lipinski definition) is 1. The zero-order valence-corrected chi connectivity index (χ0v) is 8.00. The van der Waals surface area contributed by atoms with Crippen LogP contribution in [0.5, 0.6) is 0 Å². The quantitative estimate of drug-likeness (QED) is 0.738. The molecule has 0 unspecified atom stereocenters. The van der Waals surface area contributed by atoms with Crippen molar-refractivity contribution >= 4 is 22.9 Å². The number of hydrogen-bond acceptors (Lipinski definition) is 3. The smallest absolute Gasteiger partial charge is 0.183 e. The normalized spacial score (nSPS) is 10.4. The molecule has 2 nitrogen and oxygen atoms in total. The highest BCUT2D eigenvalue weighted by molar-refractivity contribution is 7.15. The van der Waals surface area contributed by atoms with Crippen LogP contribution in [0.4, 0.5) is 0 Å². The van der Waals surface area contributed by atoms with Gasteiger partial charge in [0.25, 0.3) is 0 Å². The first kappa shape index (κ1) is 8.97. The number of rotatable bonds is 4. The van der Waals surface area contributed by atoms with Crippen LogP contribution in [0.3, 0.4) is 0 Å². The molecule has 0 aliphatic rings. The summed E-state index contributed by atoms with van der Waals surface area (Å²) in [6.45, 7) is 4.08. The van der Waals surface area contributed by atoms with Gasteiger partial charge in [-0.15, -0.1) is 11.3 Å². The highest BCUT2D eigenvalue weighted by Gasteiger charge is 1.96. The molecular formula is C7H11ClN2S. The first-order valence-corrected chi connectivity index (χ1v) is 4.83. The van der Waals surface area contributed by atoms with E-state index in [9.17, 15) is 0 Å². The van der Waals surface area contributed by atoms with Gasteiger partial charge < -0.3 is 5.32 Å². The van der Waals surface area contributed by atoms with E-state index in [1.54, 1.807) is 0 Å². The zero-order valence-electron chi connectivity index (χ0n) is 6.43. The Morgan fingerprint density at radius 3 is 3.09 bits per heavy atom. The summed E-state index contributed by atoms with van der Waals surface area (Å²) < 4.78 is 0.623. The van der Waals surface area contributed by atoms with Gasteiger partial charge in [-0.05, 0) is 13.0 Å². The van der Waals surface area contributed by atoms with Crippen molar-refractivity contribution in [2.45, 2.75) is 19.9 Å². The minimum atomic E-state index is 0.623. The maximum atomic E-state index is 5.65. The average molecular weight is 191 g/mol. The molecule has 0 aliphatic heterocycles. The molecule has 1 aromatic rings. The molecule has 62 valence electrons. The molecule has 0 bridgehead atoms. The third-order valence-corrected chi connectivity index (χ3v) is 2.37. The zero-order chi connectivity index (χ0) is 8.10. The first-order valence-electron chi connectivity index (χ1n) is 3.64. The second-order valence-electron chi connectivity index (χ2n) is 2.26. The first-order chi connectivity index (χ1) is 5.33. The molecule has 4 heteroatoms. The molecule has 1 aromatic heterocycles. The van der Waals surface area contributed by atoms with Gasteiger partial charge in [0.05, 0.1) is 0 Å². The third-order valence-electron chi connectivity index (χ3n) is 1.25. The Morgan fingerprint density at radius 1 is 1.73 bits per heavy atom. The molecule has 1 N–H and O–H groups in total. The largest absolute Gasteiger partial charge is 0.312 e. The number of nitrogens with one attached hydrogen (secondary N) is 1. The molecule has 0 radical (unpaired) electrons. The Balaban J connectivity index is 2.27. The molecule has 0 saturated heterocycles. The van der Waals surface area contributed by atoms with Gasteiger partial charge in [-0.25, -0.2) is 4.98 Å². The van der Waals surface area contributed by atoms with Crippen LogP contribution in [-0.4, -0.2) is 11.5 Å². The molecule has 0 fully saturated rings. The van der Waals surface area contributed by atoms with Crippen molar-refractivity contribution in [3.8, 4) is 0 Å². The molecule has 1 heterocycles. The fourth-order valence-electron chi connectivity index (χ4n) is 0.754. The van der Waals surface area contributed by atoms with Crippen LogP contribution in [0, 0.1) is 0 Å². The van der Waals surface area contributed by atoms with Crippen molar-refractivity contribution in [1.29, 1.82) is 0 Å². The molecule has 1 rings (SSSR count). The van der Waals surface area contributed by atoms with Crippen molar-refractivity contribution in [3.63, 3.8) is 0 Å². The Bertz CT molecular complexity index is 212. The second kappa shape index (κ2) is 4.70. The summed E-state index contributed by atoms with van der Waals surface area (Å²) in [4.78, 5) is 5.14. The van der Waals surface area contributed by atoms with E-state index < -0.39 is 0 Å². The van der Waals surface area contributed by atoms with Crippen LogP contribution in [0.25, 0.3) is 0 Å². The highest BCUT2D eigenvalue weighted by atomic mass is 35.5. The molecule has 0 spiro atoms. The van der Waals surface area contributed by atoms with Gasteiger partial charge in [-0.1, -0.05) is 18.5 Å². The van der Waals surface area contributed by atoms with Crippen molar-refractivity contribution in [2.24, 2.45) is 0 Å². The third kappa shape index (κ3) is 3.18. The molecule has 0 aromatic carbocycles. The van der Waals surface area contributed by atoms with Crippen LogP contribution in [0.2, 0.25) is 4.47 Å². The van der Waals surface area contributed by atoms with Gasteiger partial charge in [0.15, 0.2) is 4.47 Å². The monoisotopic (exact) mass is 190 g/mol. The number of thiazole rings is 1. The Kier molecular flexibility index (Phi) is 3.83. The molecule has 0 aliphatic carbocycles. The lowest BCUT2D eigenvalue weighted by atomic mass is 10.4. The molecule has 0 amide bonds. The van der Waals surface area contributed by atoms with Crippen molar-refractivity contribution in [1.82, 2.24) is 10.3 Å². The Labute approximate surface area is 75.6 Å². The van der Waals surface area contributed by atoms with E-state index in [4.69, 9.17) is 11.6 Å². The summed E-state index contributed by atoms with van der Waals surface area (Å²) in [6, 6.07) is 0. The van der Waals surface area contributed by atoms with E-state index in [1.165, 1.54) is 16.2 Å². The fraction of sp³-hybridized carbons (Fsp3) is 0.571. The van der Waals surface area contributed by atoms with Crippen LogP contribution in [0.15, 0.2) is 6.20 Å². The average Bonchev–Trinajstić information content (AvgIpc) is 2.37. The lowest BCUT2D eigenvalue weighted by molar-refractivity contribution is 0.681. The van der Waals surface area contributed by atoms with Crippen molar-refractivity contribution in [2.75, 3.05) is 6.54 Å². The summed E-state index contributed by atoms with van der Waals surface area (Å²) >= 11 is 7.18. The predicted molar refractivity (Wildman–Crippen MR) is 49.1 cm³/mol. The Morgan fingerprint density at radius 2 is 2.55 bits per heavy atom. The van der Waals surface area contributed by atoms with Crippen molar-refractivity contribution in [3.05, 3.63) is 15.5 Å². The van der Waals surface area contributed by atoms with Crippen molar-refractivity contribution < 1.29 is 0 Å². The maximum absolute atomic E-state index is 5.65. The molecular weight excluding hydrogens is 180 g/mol. The number of halogens is 1. The minimum absolute atomic E-state index is 0.623. The lowest BCUT2D eigenvalue weighted by Crippen LogP contribution is -2.12. The summed E-state index contributed by atoms with van der Waals surface area (Å²) in [7, 11) is 0. The van der Waals surface area contributed by atoms with Gasteiger partial charge in [-0.3, -0.25) is 0 Å². The van der Waals surface area contributed by atoms with Gasteiger partial charge >= 0.3 is 0 Å². The summed E-state index contributed by atoms with van der Waals surface area (Å²) in [5, 5.41) is 3.28. The topological polar surface area (TPSA) is 24.9 Å². The number of nitrogens with zero attached hydrogens (tertiary/aromatic N) is 1. The maximum Gasteiger partial charge on any atom is 0.183 e.